The van der Waals surface area contributed by atoms with E-state index in [2.05, 4.69) is 15.9 Å². The Kier molecular flexibility index (Phi) is 4.23. The summed E-state index contributed by atoms with van der Waals surface area (Å²) in [6.07, 6.45) is 1.66. The topological polar surface area (TPSA) is 83.6 Å². The summed E-state index contributed by atoms with van der Waals surface area (Å²) in [6.45, 7) is 0.632. The highest BCUT2D eigenvalue weighted by Gasteiger charge is 2.37. The first-order chi connectivity index (χ1) is 10.5. The number of amides is 2. The summed E-state index contributed by atoms with van der Waals surface area (Å²) in [5.41, 5.74) is 6.98. The zero-order valence-electron chi connectivity index (χ0n) is 12.2. The number of carbonyl (C=O) groups excluding carboxylic acids is 2. The molecule has 1 aromatic carbocycles. The van der Waals surface area contributed by atoms with Crippen LogP contribution in [0.3, 0.4) is 0 Å². The zero-order chi connectivity index (χ0) is 15.9. The predicted octanol–water partition coefficient (Wildman–Crippen LogP) is 1.63. The van der Waals surface area contributed by atoms with Gasteiger partial charge in [0.1, 0.15) is 0 Å². The van der Waals surface area contributed by atoms with Crippen LogP contribution in [0.4, 0.5) is 0 Å². The van der Waals surface area contributed by atoms with E-state index >= 15 is 0 Å². The largest absolute Gasteiger partial charge is 0.391 e. The Morgan fingerprint density at radius 2 is 2.05 bits per heavy atom. The highest BCUT2D eigenvalue weighted by atomic mass is 79.9. The summed E-state index contributed by atoms with van der Waals surface area (Å²) < 4.78 is 0.869. The first-order valence-corrected chi connectivity index (χ1v) is 8.30. The van der Waals surface area contributed by atoms with E-state index in [0.29, 0.717) is 18.0 Å². The number of hydrogen-bond donors (Lipinski definition) is 2. The molecule has 0 aromatic heterocycles. The van der Waals surface area contributed by atoms with Crippen molar-refractivity contribution in [3.8, 4) is 0 Å². The minimum Gasteiger partial charge on any atom is -0.391 e. The van der Waals surface area contributed by atoms with E-state index < -0.39 is 12.0 Å². The summed E-state index contributed by atoms with van der Waals surface area (Å²) in [5, 5.41) is 10.0. The molecule has 5 nitrogen and oxygen atoms in total. The van der Waals surface area contributed by atoms with Gasteiger partial charge in [-0.3, -0.25) is 9.59 Å². The van der Waals surface area contributed by atoms with Crippen molar-refractivity contribution in [1.82, 2.24) is 4.90 Å². The molecule has 0 unspecified atom stereocenters. The highest BCUT2D eigenvalue weighted by Crippen LogP contribution is 2.42. The fourth-order valence-electron chi connectivity index (χ4n) is 3.11. The lowest BCUT2D eigenvalue weighted by atomic mass is 10.0. The van der Waals surface area contributed by atoms with E-state index in [1.165, 1.54) is 0 Å². The number of rotatable bonds is 4. The summed E-state index contributed by atoms with van der Waals surface area (Å²) in [6, 6.07) is 5.81. The quantitative estimate of drug-likeness (QED) is 0.849. The summed E-state index contributed by atoms with van der Waals surface area (Å²) in [4.78, 5) is 25.5. The average Bonchev–Trinajstić information content (AvgIpc) is 3.23. The third kappa shape index (κ3) is 3.17. The van der Waals surface area contributed by atoms with Crippen molar-refractivity contribution >= 4 is 27.7 Å². The number of aliphatic hydroxyl groups is 1. The summed E-state index contributed by atoms with van der Waals surface area (Å²) >= 11 is 3.42. The monoisotopic (exact) mass is 366 g/mol. The van der Waals surface area contributed by atoms with E-state index in [-0.39, 0.29) is 24.8 Å². The molecule has 3 rings (SSSR count). The van der Waals surface area contributed by atoms with Crippen LogP contribution in [0, 0.1) is 5.92 Å². The Balaban J connectivity index is 1.80. The molecule has 1 aromatic rings. The number of nitrogens with two attached hydrogens (primary N) is 1. The Morgan fingerprint density at radius 1 is 1.32 bits per heavy atom. The van der Waals surface area contributed by atoms with Gasteiger partial charge in [-0.1, -0.05) is 22.0 Å². The number of benzene rings is 1. The van der Waals surface area contributed by atoms with Gasteiger partial charge in [0.15, 0.2) is 0 Å². The molecule has 1 saturated heterocycles. The molecule has 1 aliphatic heterocycles. The number of aliphatic hydroxyl groups excluding tert-OH is 1. The molecule has 6 heteroatoms. The van der Waals surface area contributed by atoms with E-state index in [1.54, 1.807) is 4.90 Å². The average molecular weight is 367 g/mol. The van der Waals surface area contributed by atoms with Crippen LogP contribution in [0.25, 0.3) is 0 Å². The van der Waals surface area contributed by atoms with Crippen LogP contribution in [0.5, 0.6) is 0 Å². The molecule has 2 atom stereocenters. The van der Waals surface area contributed by atoms with Crippen molar-refractivity contribution < 1.29 is 14.7 Å². The smallest absolute Gasteiger partial charge is 0.254 e. The fraction of sp³-hybridized carbons (Fsp3) is 0.500. The third-order valence-corrected chi connectivity index (χ3v) is 4.91. The van der Waals surface area contributed by atoms with E-state index in [9.17, 15) is 14.7 Å². The first kappa shape index (κ1) is 15.5. The summed E-state index contributed by atoms with van der Waals surface area (Å²) in [5.74, 6) is -0.312. The first-order valence-electron chi connectivity index (χ1n) is 7.51. The number of halogens is 1. The van der Waals surface area contributed by atoms with Crippen LogP contribution in [-0.2, 0) is 4.79 Å². The Bertz CT molecular complexity index is 615. The maximum absolute atomic E-state index is 12.8. The van der Waals surface area contributed by atoms with Crippen LogP contribution in [0.1, 0.15) is 41.1 Å². The predicted molar refractivity (Wildman–Crippen MR) is 85.3 cm³/mol. The number of likely N-dealkylation sites (tertiary alicyclic amines) is 1. The molecule has 118 valence electrons. The number of carbonyl (C=O) groups is 2. The second-order valence-corrected chi connectivity index (χ2v) is 7.13. The molecule has 2 aliphatic rings. The number of primary amides is 1. The number of hydrogen-bond acceptors (Lipinski definition) is 3. The van der Waals surface area contributed by atoms with Gasteiger partial charge >= 0.3 is 0 Å². The van der Waals surface area contributed by atoms with E-state index in [1.807, 2.05) is 18.2 Å². The summed E-state index contributed by atoms with van der Waals surface area (Å²) in [7, 11) is 0. The van der Waals surface area contributed by atoms with Crippen LogP contribution >= 0.6 is 15.9 Å². The van der Waals surface area contributed by atoms with Crippen molar-refractivity contribution in [2.24, 2.45) is 11.7 Å². The van der Waals surface area contributed by atoms with Crippen LogP contribution in [0.15, 0.2) is 22.7 Å². The molecule has 0 radical (unpaired) electrons. The molecule has 3 N–H and O–H groups in total. The molecule has 1 saturated carbocycles. The standard InChI is InChI=1S/C16H19BrN2O3/c17-11-3-4-12(9-1-2-9)13(6-11)16(22)19-7-10(5-15(18)21)14(20)8-19/h3-4,6,9-10,14,20H,1-2,5,7-8H2,(H2,18,21)/t10-,14-/m1/s1. The van der Waals surface area contributed by atoms with E-state index in [4.69, 9.17) is 5.73 Å². The van der Waals surface area contributed by atoms with Gasteiger partial charge in [0.05, 0.1) is 6.10 Å². The van der Waals surface area contributed by atoms with Crippen molar-refractivity contribution in [1.29, 1.82) is 0 Å². The zero-order valence-corrected chi connectivity index (χ0v) is 13.8. The lowest BCUT2D eigenvalue weighted by Crippen LogP contribution is -2.30. The Morgan fingerprint density at radius 3 is 2.68 bits per heavy atom. The van der Waals surface area contributed by atoms with E-state index in [0.717, 1.165) is 22.9 Å². The molecule has 22 heavy (non-hydrogen) atoms. The second kappa shape index (κ2) is 6.01. The molecule has 0 bridgehead atoms. The normalized spacial score (nSPS) is 24.5. The van der Waals surface area contributed by atoms with Crippen molar-refractivity contribution in [2.75, 3.05) is 13.1 Å². The lowest BCUT2D eigenvalue weighted by Gasteiger charge is -2.18. The SMILES string of the molecule is NC(=O)C[C@@H]1CN(C(=O)c2cc(Br)ccc2C2CC2)C[C@H]1O. The molecule has 2 amide bonds. The van der Waals surface area contributed by atoms with Gasteiger partial charge in [-0.2, -0.15) is 0 Å². The second-order valence-electron chi connectivity index (χ2n) is 6.21. The maximum atomic E-state index is 12.8. The van der Waals surface area contributed by atoms with Crippen molar-refractivity contribution in [3.05, 3.63) is 33.8 Å². The van der Waals surface area contributed by atoms with Crippen LogP contribution < -0.4 is 5.73 Å². The van der Waals surface area contributed by atoms with Gasteiger partial charge in [-0.15, -0.1) is 0 Å². The van der Waals surface area contributed by atoms with Gasteiger partial charge in [-0.25, -0.2) is 0 Å². The van der Waals surface area contributed by atoms with Gasteiger partial charge < -0.3 is 15.7 Å². The molecular formula is C16H19BrN2O3. The minimum atomic E-state index is -0.687. The number of β-amino-alcohol motifs (C(OH)–C–C–N with tert-alkyl or cyclic N) is 1. The molecule has 1 heterocycles. The van der Waals surface area contributed by atoms with Gasteiger partial charge in [-0.05, 0) is 36.5 Å². The van der Waals surface area contributed by atoms with Gasteiger partial charge in [0, 0.05) is 35.5 Å². The lowest BCUT2D eigenvalue weighted by molar-refractivity contribution is -0.119. The van der Waals surface area contributed by atoms with Crippen molar-refractivity contribution in [3.63, 3.8) is 0 Å². The minimum absolute atomic E-state index is 0.0748. The Labute approximate surface area is 137 Å². The Hall–Kier alpha value is -1.40. The third-order valence-electron chi connectivity index (χ3n) is 4.42. The number of nitrogens with zero attached hydrogens (tertiary/aromatic N) is 1. The van der Waals surface area contributed by atoms with Crippen molar-refractivity contribution in [2.45, 2.75) is 31.3 Å². The van der Waals surface area contributed by atoms with Crippen LogP contribution in [0.2, 0.25) is 0 Å². The molecule has 0 spiro atoms. The fourth-order valence-corrected chi connectivity index (χ4v) is 3.47. The molecule has 2 fully saturated rings. The molecule has 1 aliphatic carbocycles. The highest BCUT2D eigenvalue weighted by molar-refractivity contribution is 9.10. The maximum Gasteiger partial charge on any atom is 0.254 e. The van der Waals surface area contributed by atoms with Gasteiger partial charge in [0.2, 0.25) is 5.91 Å². The molecular weight excluding hydrogens is 348 g/mol. The van der Waals surface area contributed by atoms with Gasteiger partial charge in [0.25, 0.3) is 5.91 Å². The van der Waals surface area contributed by atoms with Crippen LogP contribution in [-0.4, -0.2) is 41.0 Å².